The SMILES string of the molecule is Cc1cc(/C=N\NC(=O)C(=O)NCc2ccncc2)c(C)n1-c1ccc(Cl)c(Cl)c1. The summed E-state index contributed by atoms with van der Waals surface area (Å²) in [6, 6.07) is 10.8. The Morgan fingerprint density at radius 1 is 1.07 bits per heavy atom. The first-order valence-corrected chi connectivity index (χ1v) is 9.77. The fraction of sp³-hybridized carbons (Fsp3) is 0.143. The number of carbonyl (C=O) groups is 2. The third kappa shape index (κ3) is 5.06. The molecule has 154 valence electrons. The smallest absolute Gasteiger partial charge is 0.329 e. The van der Waals surface area contributed by atoms with Crippen LogP contribution in [-0.4, -0.2) is 27.6 Å². The minimum atomic E-state index is -0.849. The number of nitrogens with zero attached hydrogens (tertiary/aromatic N) is 3. The number of rotatable bonds is 5. The third-order valence-electron chi connectivity index (χ3n) is 4.41. The molecule has 0 saturated carbocycles. The summed E-state index contributed by atoms with van der Waals surface area (Å²) in [5.74, 6) is -1.62. The molecule has 1 aromatic carbocycles. The van der Waals surface area contributed by atoms with Crippen molar-refractivity contribution in [3.63, 3.8) is 0 Å². The van der Waals surface area contributed by atoms with E-state index in [1.165, 1.54) is 6.21 Å². The van der Waals surface area contributed by atoms with Crippen LogP contribution in [0.2, 0.25) is 10.0 Å². The number of hydrogen-bond donors (Lipinski definition) is 2. The molecule has 3 rings (SSSR count). The predicted octanol–water partition coefficient (Wildman–Crippen LogP) is 3.56. The maximum absolute atomic E-state index is 11.9. The summed E-state index contributed by atoms with van der Waals surface area (Å²) in [7, 11) is 0. The van der Waals surface area contributed by atoms with Crippen LogP contribution < -0.4 is 10.7 Å². The molecule has 2 N–H and O–H groups in total. The molecule has 2 aromatic heterocycles. The maximum atomic E-state index is 11.9. The number of amides is 2. The summed E-state index contributed by atoms with van der Waals surface area (Å²) in [5, 5.41) is 7.37. The van der Waals surface area contributed by atoms with Gasteiger partial charge >= 0.3 is 11.8 Å². The number of nitrogens with one attached hydrogen (secondary N) is 2. The van der Waals surface area contributed by atoms with E-state index in [-0.39, 0.29) is 6.54 Å². The highest BCUT2D eigenvalue weighted by Gasteiger charge is 2.13. The minimum absolute atomic E-state index is 0.225. The number of hydrogen-bond acceptors (Lipinski definition) is 4. The van der Waals surface area contributed by atoms with Gasteiger partial charge in [-0.25, -0.2) is 5.43 Å². The minimum Gasteiger partial charge on any atom is -0.344 e. The molecule has 0 radical (unpaired) electrons. The highest BCUT2D eigenvalue weighted by atomic mass is 35.5. The zero-order valence-corrected chi connectivity index (χ0v) is 17.8. The average Bonchev–Trinajstić information content (AvgIpc) is 3.02. The van der Waals surface area contributed by atoms with E-state index in [1.54, 1.807) is 36.7 Å². The van der Waals surface area contributed by atoms with Gasteiger partial charge in [0.15, 0.2) is 0 Å². The lowest BCUT2D eigenvalue weighted by Crippen LogP contribution is -2.37. The zero-order valence-electron chi connectivity index (χ0n) is 16.3. The molecule has 0 atom stereocenters. The Morgan fingerprint density at radius 3 is 2.50 bits per heavy atom. The van der Waals surface area contributed by atoms with Gasteiger partial charge in [0.2, 0.25) is 0 Å². The molecule has 0 fully saturated rings. The average molecular weight is 444 g/mol. The Hall–Kier alpha value is -3.16. The van der Waals surface area contributed by atoms with Gasteiger partial charge in [0, 0.05) is 41.6 Å². The Labute approximate surface area is 183 Å². The standard InChI is InChI=1S/C21H19Cl2N5O2/c1-13-9-16(14(2)28(13)17-3-4-18(22)19(23)10-17)12-26-27-21(30)20(29)25-11-15-5-7-24-8-6-15/h3-10,12H,11H2,1-2H3,(H,25,29)(H,27,30)/b26-12-. The Kier molecular flexibility index (Phi) is 6.87. The normalized spacial score (nSPS) is 10.9. The number of benzene rings is 1. The van der Waals surface area contributed by atoms with Crippen LogP contribution in [0.3, 0.4) is 0 Å². The van der Waals surface area contributed by atoms with Gasteiger partial charge in [0.1, 0.15) is 0 Å². The molecule has 0 saturated heterocycles. The Bertz CT molecular complexity index is 1110. The molecule has 0 spiro atoms. The molecule has 30 heavy (non-hydrogen) atoms. The van der Waals surface area contributed by atoms with Crippen LogP contribution in [0.1, 0.15) is 22.5 Å². The largest absolute Gasteiger partial charge is 0.344 e. The number of halogens is 2. The quantitative estimate of drug-likeness (QED) is 0.358. The number of aromatic nitrogens is 2. The van der Waals surface area contributed by atoms with Gasteiger partial charge in [-0.1, -0.05) is 23.2 Å². The van der Waals surface area contributed by atoms with Crippen molar-refractivity contribution in [2.75, 3.05) is 0 Å². The van der Waals surface area contributed by atoms with Gasteiger partial charge in [-0.15, -0.1) is 0 Å². The van der Waals surface area contributed by atoms with Crippen molar-refractivity contribution in [1.29, 1.82) is 0 Å². The highest BCUT2D eigenvalue weighted by Crippen LogP contribution is 2.27. The first-order chi connectivity index (χ1) is 14.4. The van der Waals surface area contributed by atoms with Crippen LogP contribution in [0.25, 0.3) is 5.69 Å². The molecule has 2 amide bonds. The molecule has 0 aliphatic carbocycles. The topological polar surface area (TPSA) is 88.4 Å². The van der Waals surface area contributed by atoms with Crippen LogP contribution in [0.15, 0.2) is 53.9 Å². The summed E-state index contributed by atoms with van der Waals surface area (Å²) in [5.41, 5.74) is 6.57. The van der Waals surface area contributed by atoms with E-state index in [2.05, 4.69) is 20.8 Å². The van der Waals surface area contributed by atoms with Crippen LogP contribution in [0.5, 0.6) is 0 Å². The summed E-state index contributed by atoms with van der Waals surface area (Å²) in [6.07, 6.45) is 4.71. The van der Waals surface area contributed by atoms with Crippen LogP contribution in [0.4, 0.5) is 0 Å². The van der Waals surface area contributed by atoms with Gasteiger partial charge in [0.25, 0.3) is 0 Å². The second-order valence-electron chi connectivity index (χ2n) is 6.50. The summed E-state index contributed by atoms with van der Waals surface area (Å²) < 4.78 is 1.99. The molecule has 0 aliphatic heterocycles. The maximum Gasteiger partial charge on any atom is 0.329 e. The van der Waals surface area contributed by atoms with Gasteiger partial charge in [-0.2, -0.15) is 5.10 Å². The highest BCUT2D eigenvalue weighted by molar-refractivity contribution is 6.42. The summed E-state index contributed by atoms with van der Waals surface area (Å²) in [6.45, 7) is 4.08. The lowest BCUT2D eigenvalue weighted by atomic mass is 10.2. The van der Waals surface area contributed by atoms with Crippen molar-refractivity contribution in [3.8, 4) is 5.69 Å². The fourth-order valence-corrected chi connectivity index (χ4v) is 3.21. The van der Waals surface area contributed by atoms with Gasteiger partial charge in [0.05, 0.1) is 16.3 Å². The Balaban J connectivity index is 1.64. The Morgan fingerprint density at radius 2 is 1.80 bits per heavy atom. The zero-order chi connectivity index (χ0) is 21.7. The second-order valence-corrected chi connectivity index (χ2v) is 7.31. The molecule has 2 heterocycles. The van der Waals surface area contributed by atoms with Crippen molar-refractivity contribution in [1.82, 2.24) is 20.3 Å². The van der Waals surface area contributed by atoms with Crippen molar-refractivity contribution in [3.05, 3.63) is 81.4 Å². The van der Waals surface area contributed by atoms with Crippen molar-refractivity contribution in [2.45, 2.75) is 20.4 Å². The van der Waals surface area contributed by atoms with Gasteiger partial charge in [-0.3, -0.25) is 14.6 Å². The van der Waals surface area contributed by atoms with Crippen molar-refractivity contribution in [2.24, 2.45) is 5.10 Å². The molecule has 3 aromatic rings. The number of pyridine rings is 1. The van der Waals surface area contributed by atoms with E-state index in [4.69, 9.17) is 23.2 Å². The van der Waals surface area contributed by atoms with Gasteiger partial charge in [-0.05, 0) is 55.8 Å². The lowest BCUT2D eigenvalue weighted by molar-refractivity contribution is -0.139. The summed E-state index contributed by atoms with van der Waals surface area (Å²) >= 11 is 12.1. The first kappa shape index (κ1) is 21.5. The number of carbonyl (C=O) groups excluding carboxylic acids is 2. The van der Waals surface area contributed by atoms with Crippen molar-refractivity contribution >= 4 is 41.2 Å². The third-order valence-corrected chi connectivity index (χ3v) is 5.15. The first-order valence-electron chi connectivity index (χ1n) is 9.01. The molecular weight excluding hydrogens is 425 g/mol. The monoisotopic (exact) mass is 443 g/mol. The van der Waals surface area contributed by atoms with Crippen LogP contribution in [-0.2, 0) is 16.1 Å². The molecule has 7 nitrogen and oxygen atoms in total. The molecule has 0 bridgehead atoms. The van der Waals surface area contributed by atoms with Gasteiger partial charge < -0.3 is 9.88 Å². The van der Waals surface area contributed by atoms with Crippen LogP contribution >= 0.6 is 23.2 Å². The van der Waals surface area contributed by atoms with E-state index in [0.29, 0.717) is 10.0 Å². The van der Waals surface area contributed by atoms with Crippen molar-refractivity contribution < 1.29 is 9.59 Å². The number of hydrazone groups is 1. The lowest BCUT2D eigenvalue weighted by Gasteiger charge is -2.10. The van der Waals surface area contributed by atoms with E-state index in [1.807, 2.05) is 30.5 Å². The van der Waals surface area contributed by atoms with Crippen LogP contribution in [0, 0.1) is 13.8 Å². The molecule has 0 unspecified atom stereocenters. The second kappa shape index (κ2) is 9.56. The predicted molar refractivity (Wildman–Crippen MR) is 117 cm³/mol. The van der Waals surface area contributed by atoms with E-state index < -0.39 is 11.8 Å². The number of aryl methyl sites for hydroxylation is 1. The molecule has 0 aliphatic rings. The van der Waals surface area contributed by atoms with E-state index in [0.717, 1.165) is 28.2 Å². The van der Waals surface area contributed by atoms with E-state index >= 15 is 0 Å². The molecule has 9 heteroatoms. The summed E-state index contributed by atoms with van der Waals surface area (Å²) in [4.78, 5) is 27.7. The fourth-order valence-electron chi connectivity index (χ4n) is 2.91. The molecular formula is C21H19Cl2N5O2. The van der Waals surface area contributed by atoms with E-state index in [9.17, 15) is 9.59 Å².